The Morgan fingerprint density at radius 3 is 2.89 bits per heavy atom. The molecule has 1 atom stereocenters. The molecule has 1 aliphatic rings. The number of hydrogen-bond donors (Lipinski definition) is 2. The van der Waals surface area contributed by atoms with Gasteiger partial charge >= 0.3 is 0 Å². The zero-order chi connectivity index (χ0) is 13.0. The van der Waals surface area contributed by atoms with Gasteiger partial charge in [-0.25, -0.2) is 0 Å². The maximum atomic E-state index is 12.0. The van der Waals surface area contributed by atoms with Crippen LogP contribution in [0.15, 0.2) is 0 Å². The summed E-state index contributed by atoms with van der Waals surface area (Å²) in [5.41, 5.74) is 1.88. The van der Waals surface area contributed by atoms with Crippen molar-refractivity contribution >= 4 is 5.91 Å². The average molecular weight is 254 g/mol. The molecule has 7 nitrogen and oxygen atoms in total. The summed E-state index contributed by atoms with van der Waals surface area (Å²) in [5.74, 6) is -0.0280. The lowest BCUT2D eigenvalue weighted by Gasteiger charge is -2.21. The number of carbonyl (C=O) groups excluding carboxylic acids is 1. The largest absolute Gasteiger partial charge is 0.354 e. The molecule has 7 heteroatoms. The van der Waals surface area contributed by atoms with Crippen LogP contribution in [0.5, 0.6) is 0 Å². The number of nitrogens with zero attached hydrogens (tertiary/aromatic N) is 2. The number of fused-ring (bicyclic) bond motifs is 1. The SMILES string of the molecule is COC(CNC(=O)C1CCc2n[nH]nc2C1)OC. The Labute approximate surface area is 105 Å². The maximum Gasteiger partial charge on any atom is 0.223 e. The molecule has 1 amide bonds. The number of carbonyl (C=O) groups is 1. The molecule has 0 radical (unpaired) electrons. The second-order valence-corrected chi connectivity index (χ2v) is 4.30. The second kappa shape index (κ2) is 5.92. The van der Waals surface area contributed by atoms with E-state index >= 15 is 0 Å². The van der Waals surface area contributed by atoms with Crippen molar-refractivity contribution in [3.63, 3.8) is 0 Å². The minimum Gasteiger partial charge on any atom is -0.354 e. The smallest absolute Gasteiger partial charge is 0.223 e. The van der Waals surface area contributed by atoms with E-state index in [0.29, 0.717) is 13.0 Å². The predicted molar refractivity (Wildman–Crippen MR) is 62.7 cm³/mol. The third-order valence-corrected chi connectivity index (χ3v) is 3.21. The Kier molecular flexibility index (Phi) is 4.27. The quantitative estimate of drug-likeness (QED) is 0.701. The van der Waals surface area contributed by atoms with Gasteiger partial charge in [-0.05, 0) is 12.8 Å². The highest BCUT2D eigenvalue weighted by molar-refractivity contribution is 5.79. The van der Waals surface area contributed by atoms with Crippen molar-refractivity contribution < 1.29 is 14.3 Å². The van der Waals surface area contributed by atoms with Gasteiger partial charge in [0.15, 0.2) is 6.29 Å². The van der Waals surface area contributed by atoms with Gasteiger partial charge in [-0.1, -0.05) is 0 Å². The Balaban J connectivity index is 1.84. The van der Waals surface area contributed by atoms with Gasteiger partial charge in [0.2, 0.25) is 5.91 Å². The number of nitrogens with one attached hydrogen (secondary N) is 2. The summed E-state index contributed by atoms with van der Waals surface area (Å²) in [6.45, 7) is 0.355. The molecule has 0 saturated carbocycles. The molecule has 0 aromatic carbocycles. The highest BCUT2D eigenvalue weighted by Gasteiger charge is 2.27. The third-order valence-electron chi connectivity index (χ3n) is 3.21. The highest BCUT2D eigenvalue weighted by atomic mass is 16.7. The molecular formula is C11H18N4O3. The number of amides is 1. The van der Waals surface area contributed by atoms with E-state index in [1.54, 1.807) is 14.2 Å². The molecule has 18 heavy (non-hydrogen) atoms. The van der Waals surface area contributed by atoms with E-state index in [2.05, 4.69) is 20.7 Å². The summed E-state index contributed by atoms with van der Waals surface area (Å²) in [4.78, 5) is 12.0. The number of ether oxygens (including phenoxy) is 2. The molecule has 1 aliphatic carbocycles. The van der Waals surface area contributed by atoms with Crippen molar-refractivity contribution in [2.24, 2.45) is 5.92 Å². The van der Waals surface area contributed by atoms with Crippen LogP contribution in [0.1, 0.15) is 17.8 Å². The Morgan fingerprint density at radius 2 is 2.17 bits per heavy atom. The van der Waals surface area contributed by atoms with Crippen LogP contribution < -0.4 is 5.32 Å². The summed E-state index contributed by atoms with van der Waals surface area (Å²) in [6, 6.07) is 0. The highest BCUT2D eigenvalue weighted by Crippen LogP contribution is 2.22. The molecule has 0 saturated heterocycles. The van der Waals surface area contributed by atoms with Gasteiger partial charge in [0.25, 0.3) is 0 Å². The zero-order valence-electron chi connectivity index (χ0n) is 10.6. The van der Waals surface area contributed by atoms with Crippen LogP contribution in [0.25, 0.3) is 0 Å². The van der Waals surface area contributed by atoms with Crippen molar-refractivity contribution in [1.82, 2.24) is 20.7 Å². The van der Waals surface area contributed by atoms with Crippen molar-refractivity contribution in [2.45, 2.75) is 25.6 Å². The van der Waals surface area contributed by atoms with Gasteiger partial charge in [-0.15, -0.1) is 0 Å². The number of aryl methyl sites for hydroxylation is 1. The average Bonchev–Trinajstić information content (AvgIpc) is 2.86. The van der Waals surface area contributed by atoms with Crippen molar-refractivity contribution in [2.75, 3.05) is 20.8 Å². The molecule has 0 bridgehead atoms. The molecule has 2 rings (SSSR count). The monoisotopic (exact) mass is 254 g/mol. The lowest BCUT2D eigenvalue weighted by atomic mass is 9.89. The molecule has 1 aromatic rings. The fourth-order valence-corrected chi connectivity index (χ4v) is 2.10. The molecule has 1 aromatic heterocycles. The van der Waals surface area contributed by atoms with E-state index in [-0.39, 0.29) is 11.8 Å². The number of methoxy groups -OCH3 is 2. The normalized spacial score (nSPS) is 18.7. The van der Waals surface area contributed by atoms with Crippen LogP contribution >= 0.6 is 0 Å². The van der Waals surface area contributed by atoms with Crippen LogP contribution in [-0.4, -0.2) is 48.4 Å². The first-order valence-electron chi connectivity index (χ1n) is 5.96. The summed E-state index contributed by atoms with van der Waals surface area (Å²) in [5, 5.41) is 13.5. The molecule has 0 fully saturated rings. The number of aromatic amines is 1. The first kappa shape index (κ1) is 13.0. The molecule has 2 N–H and O–H groups in total. The van der Waals surface area contributed by atoms with Gasteiger partial charge in [-0.3, -0.25) is 4.79 Å². The van der Waals surface area contributed by atoms with E-state index < -0.39 is 6.29 Å². The standard InChI is InChI=1S/C11H18N4O3/c1-17-10(18-2)6-12-11(16)7-3-4-8-9(5-7)14-15-13-8/h7,10H,3-6H2,1-2H3,(H,12,16)(H,13,14,15). The molecule has 0 aliphatic heterocycles. The summed E-state index contributed by atoms with van der Waals surface area (Å²) in [7, 11) is 3.09. The van der Waals surface area contributed by atoms with Crippen molar-refractivity contribution in [3.8, 4) is 0 Å². The Bertz CT molecular complexity index is 403. The molecular weight excluding hydrogens is 236 g/mol. The van der Waals surface area contributed by atoms with Crippen LogP contribution in [0.4, 0.5) is 0 Å². The number of hydrogen-bond acceptors (Lipinski definition) is 5. The molecule has 1 heterocycles. The lowest BCUT2D eigenvalue weighted by Crippen LogP contribution is -2.39. The van der Waals surface area contributed by atoms with Crippen LogP contribution in [0.2, 0.25) is 0 Å². The van der Waals surface area contributed by atoms with Gasteiger partial charge in [0.1, 0.15) is 0 Å². The Morgan fingerprint density at radius 1 is 1.44 bits per heavy atom. The van der Waals surface area contributed by atoms with E-state index in [4.69, 9.17) is 9.47 Å². The molecule has 100 valence electrons. The van der Waals surface area contributed by atoms with Gasteiger partial charge < -0.3 is 14.8 Å². The van der Waals surface area contributed by atoms with Crippen molar-refractivity contribution in [3.05, 3.63) is 11.4 Å². The fourth-order valence-electron chi connectivity index (χ4n) is 2.10. The number of aromatic nitrogens is 3. The van der Waals surface area contributed by atoms with Crippen LogP contribution in [-0.2, 0) is 27.1 Å². The topological polar surface area (TPSA) is 89.1 Å². The minimum absolute atomic E-state index is 0.0164. The van der Waals surface area contributed by atoms with Crippen LogP contribution in [0.3, 0.4) is 0 Å². The Hall–Kier alpha value is -1.47. The first-order valence-corrected chi connectivity index (χ1v) is 5.96. The number of rotatable bonds is 5. The van der Waals surface area contributed by atoms with E-state index in [9.17, 15) is 4.79 Å². The second-order valence-electron chi connectivity index (χ2n) is 4.30. The third kappa shape index (κ3) is 2.85. The van der Waals surface area contributed by atoms with Crippen molar-refractivity contribution in [1.29, 1.82) is 0 Å². The first-order chi connectivity index (χ1) is 8.74. The number of H-pyrrole nitrogens is 1. The minimum atomic E-state index is -0.403. The molecule has 0 spiro atoms. The molecule has 1 unspecified atom stereocenters. The summed E-state index contributed by atoms with van der Waals surface area (Å²) < 4.78 is 10.0. The summed E-state index contributed by atoms with van der Waals surface area (Å²) in [6.07, 6.45) is 1.83. The maximum absolute atomic E-state index is 12.0. The van der Waals surface area contributed by atoms with Gasteiger partial charge in [0, 0.05) is 26.6 Å². The van der Waals surface area contributed by atoms with Gasteiger partial charge in [-0.2, -0.15) is 15.4 Å². The van der Waals surface area contributed by atoms with E-state index in [1.807, 2.05) is 0 Å². The zero-order valence-corrected chi connectivity index (χ0v) is 10.6. The summed E-state index contributed by atoms with van der Waals surface area (Å²) >= 11 is 0. The van der Waals surface area contributed by atoms with E-state index in [1.165, 1.54) is 0 Å². The van der Waals surface area contributed by atoms with Gasteiger partial charge in [0.05, 0.1) is 17.9 Å². The fraction of sp³-hybridized carbons (Fsp3) is 0.727. The lowest BCUT2D eigenvalue weighted by molar-refractivity contribution is -0.131. The predicted octanol–water partition coefficient (Wildman–Crippen LogP) is -0.355. The van der Waals surface area contributed by atoms with Crippen LogP contribution in [0, 0.1) is 5.92 Å². The van der Waals surface area contributed by atoms with E-state index in [0.717, 1.165) is 24.2 Å².